The summed E-state index contributed by atoms with van der Waals surface area (Å²) in [5.74, 6) is -1.81. The molecule has 2 saturated carbocycles. The number of cyclic esters (lactones) is 1. The molecule has 25 heavy (non-hydrogen) atoms. The molecule has 2 spiro atoms. The third-order valence-electron chi connectivity index (χ3n) is 7.61. The first-order chi connectivity index (χ1) is 11.7. The van der Waals surface area contributed by atoms with Crippen molar-refractivity contribution in [1.29, 1.82) is 0 Å². The van der Waals surface area contributed by atoms with Gasteiger partial charge in [0.15, 0.2) is 11.6 Å². The van der Waals surface area contributed by atoms with Crippen molar-refractivity contribution in [2.75, 3.05) is 6.61 Å². The number of ketones is 2. The fraction of sp³-hybridized carbons (Fsp3) is 0.700. The van der Waals surface area contributed by atoms with Gasteiger partial charge in [-0.1, -0.05) is 26.8 Å². The SMILES string of the molecule is CC1C(=O)[C@]23C[C@H]1CC[C@H]2[C@]1(COC3=O)C(=O)C=CC(C)(C)[C@H]1C=O. The summed E-state index contributed by atoms with van der Waals surface area (Å²) in [7, 11) is 0. The van der Waals surface area contributed by atoms with Crippen LogP contribution in [0.25, 0.3) is 0 Å². The number of esters is 1. The maximum Gasteiger partial charge on any atom is 0.320 e. The number of hydrogen-bond donors (Lipinski definition) is 0. The van der Waals surface area contributed by atoms with Crippen LogP contribution in [0.4, 0.5) is 0 Å². The molecular weight excluding hydrogens is 320 g/mol. The van der Waals surface area contributed by atoms with E-state index in [1.807, 2.05) is 20.8 Å². The monoisotopic (exact) mass is 344 g/mol. The van der Waals surface area contributed by atoms with Crippen molar-refractivity contribution < 1.29 is 23.9 Å². The van der Waals surface area contributed by atoms with Crippen molar-refractivity contribution in [2.24, 2.45) is 39.9 Å². The van der Waals surface area contributed by atoms with E-state index in [1.165, 1.54) is 6.08 Å². The number of allylic oxidation sites excluding steroid dienone is 2. The molecule has 1 heterocycles. The molecule has 1 unspecified atom stereocenters. The van der Waals surface area contributed by atoms with E-state index < -0.39 is 34.1 Å². The lowest BCUT2D eigenvalue weighted by Crippen LogP contribution is -2.66. The third kappa shape index (κ3) is 1.74. The Morgan fingerprint density at radius 2 is 1.92 bits per heavy atom. The maximum atomic E-state index is 13.1. The minimum atomic E-state index is -1.24. The van der Waals surface area contributed by atoms with Crippen LogP contribution in [-0.2, 0) is 23.9 Å². The molecule has 6 atom stereocenters. The highest BCUT2D eigenvalue weighted by Crippen LogP contribution is 2.66. The second kappa shape index (κ2) is 4.89. The van der Waals surface area contributed by atoms with Gasteiger partial charge in [-0.3, -0.25) is 14.4 Å². The molecule has 0 aromatic heterocycles. The van der Waals surface area contributed by atoms with Gasteiger partial charge in [0.1, 0.15) is 18.3 Å². The van der Waals surface area contributed by atoms with Crippen LogP contribution in [0.5, 0.6) is 0 Å². The van der Waals surface area contributed by atoms with Crippen molar-refractivity contribution in [3.63, 3.8) is 0 Å². The van der Waals surface area contributed by atoms with E-state index in [1.54, 1.807) is 6.08 Å². The number of fused-ring (bicyclic) bond motifs is 2. The van der Waals surface area contributed by atoms with Gasteiger partial charge in [-0.25, -0.2) is 0 Å². The quantitative estimate of drug-likeness (QED) is 0.414. The van der Waals surface area contributed by atoms with Crippen molar-refractivity contribution in [1.82, 2.24) is 0 Å². The van der Waals surface area contributed by atoms with E-state index in [0.717, 1.165) is 12.7 Å². The second-order valence-electron chi connectivity index (χ2n) is 8.97. The maximum absolute atomic E-state index is 13.1. The molecule has 0 aromatic carbocycles. The highest BCUT2D eigenvalue weighted by molar-refractivity contribution is 6.10. The molecule has 4 aliphatic rings. The predicted octanol–water partition coefficient (Wildman–Crippen LogP) is 2.13. The molecule has 5 nitrogen and oxygen atoms in total. The summed E-state index contributed by atoms with van der Waals surface area (Å²) < 4.78 is 5.50. The minimum Gasteiger partial charge on any atom is -0.464 e. The number of carbonyl (C=O) groups excluding carboxylic acids is 4. The van der Waals surface area contributed by atoms with Crippen LogP contribution in [0.15, 0.2) is 12.2 Å². The zero-order chi connectivity index (χ0) is 18.2. The van der Waals surface area contributed by atoms with E-state index >= 15 is 0 Å². The van der Waals surface area contributed by atoms with Gasteiger partial charge in [-0.2, -0.15) is 0 Å². The van der Waals surface area contributed by atoms with Gasteiger partial charge >= 0.3 is 5.97 Å². The van der Waals surface area contributed by atoms with Gasteiger partial charge in [-0.05, 0) is 42.6 Å². The molecule has 3 fully saturated rings. The Morgan fingerprint density at radius 3 is 2.60 bits per heavy atom. The summed E-state index contributed by atoms with van der Waals surface area (Å²) in [5.41, 5.74) is -2.87. The molecule has 0 amide bonds. The molecule has 4 rings (SSSR count). The third-order valence-corrected chi connectivity index (χ3v) is 7.61. The zero-order valence-corrected chi connectivity index (χ0v) is 14.9. The smallest absolute Gasteiger partial charge is 0.320 e. The Hall–Kier alpha value is -1.78. The Bertz CT molecular complexity index is 720. The van der Waals surface area contributed by atoms with Gasteiger partial charge in [0, 0.05) is 11.8 Å². The summed E-state index contributed by atoms with van der Waals surface area (Å²) in [4.78, 5) is 51.1. The molecule has 3 aliphatic carbocycles. The number of rotatable bonds is 1. The molecule has 5 heteroatoms. The number of carbonyl (C=O) groups is 4. The number of Topliss-reactive ketones (excluding diaryl/α,β-unsaturated/α-hetero) is 1. The van der Waals surface area contributed by atoms with Gasteiger partial charge in [0.2, 0.25) is 0 Å². The highest BCUT2D eigenvalue weighted by Gasteiger charge is 2.74. The normalized spacial score (nSPS) is 47.6. The summed E-state index contributed by atoms with van der Waals surface area (Å²) in [6.45, 7) is 5.62. The van der Waals surface area contributed by atoms with E-state index in [9.17, 15) is 19.2 Å². The number of aldehydes is 1. The number of ether oxygens (including phenoxy) is 1. The van der Waals surface area contributed by atoms with E-state index in [2.05, 4.69) is 0 Å². The minimum absolute atomic E-state index is 0.0890. The Morgan fingerprint density at radius 1 is 1.20 bits per heavy atom. The van der Waals surface area contributed by atoms with Gasteiger partial charge in [0.25, 0.3) is 0 Å². The first-order valence-corrected chi connectivity index (χ1v) is 9.12. The van der Waals surface area contributed by atoms with E-state index in [0.29, 0.717) is 12.8 Å². The van der Waals surface area contributed by atoms with Crippen molar-refractivity contribution in [3.8, 4) is 0 Å². The fourth-order valence-corrected chi connectivity index (χ4v) is 6.25. The fourth-order valence-electron chi connectivity index (χ4n) is 6.25. The topological polar surface area (TPSA) is 77.5 Å². The van der Waals surface area contributed by atoms with Crippen LogP contribution >= 0.6 is 0 Å². The zero-order valence-electron chi connectivity index (χ0n) is 14.9. The van der Waals surface area contributed by atoms with E-state index in [-0.39, 0.29) is 30.0 Å². The second-order valence-corrected chi connectivity index (χ2v) is 8.97. The van der Waals surface area contributed by atoms with Crippen LogP contribution in [0.1, 0.15) is 40.0 Å². The lowest BCUT2D eigenvalue weighted by atomic mass is 9.46. The standard InChI is InChI=1S/C20H24O5/c1-11-12-4-5-13-19(8-12,16(11)23)17(24)25-10-20(13)14(9-21)18(2,3)7-6-15(20)22/h6-7,9,11-14H,4-5,8,10H2,1-3H3/t11?,12-,13-,14-,19+,20+/m1/s1. The first kappa shape index (κ1) is 16.7. The summed E-state index contributed by atoms with van der Waals surface area (Å²) in [6, 6.07) is 0. The Kier molecular flexibility index (Phi) is 3.26. The average molecular weight is 344 g/mol. The lowest BCUT2D eigenvalue weighted by molar-refractivity contribution is -0.202. The average Bonchev–Trinajstić information content (AvgIpc) is 2.77. The molecule has 134 valence electrons. The van der Waals surface area contributed by atoms with Crippen LogP contribution < -0.4 is 0 Å². The molecule has 0 aromatic rings. The highest BCUT2D eigenvalue weighted by atomic mass is 16.5. The van der Waals surface area contributed by atoms with Crippen LogP contribution in [-0.4, -0.2) is 30.4 Å². The summed E-state index contributed by atoms with van der Waals surface area (Å²) >= 11 is 0. The van der Waals surface area contributed by atoms with Crippen LogP contribution in [0, 0.1) is 39.9 Å². The van der Waals surface area contributed by atoms with E-state index in [4.69, 9.17) is 4.74 Å². The molecule has 0 radical (unpaired) electrons. The molecule has 1 saturated heterocycles. The van der Waals surface area contributed by atoms with Crippen molar-refractivity contribution in [2.45, 2.75) is 40.0 Å². The summed E-state index contributed by atoms with van der Waals surface area (Å²) in [5, 5.41) is 0. The molecule has 0 N–H and O–H groups in total. The van der Waals surface area contributed by atoms with Gasteiger partial charge in [0.05, 0.1) is 5.41 Å². The van der Waals surface area contributed by atoms with Gasteiger partial charge in [-0.15, -0.1) is 0 Å². The number of hydrogen-bond acceptors (Lipinski definition) is 5. The first-order valence-electron chi connectivity index (χ1n) is 9.12. The van der Waals surface area contributed by atoms with Crippen LogP contribution in [0.2, 0.25) is 0 Å². The Labute approximate surface area is 147 Å². The molecule has 1 aliphatic heterocycles. The lowest BCUT2D eigenvalue weighted by Gasteiger charge is -2.57. The predicted molar refractivity (Wildman–Crippen MR) is 88.3 cm³/mol. The molecule has 2 bridgehead atoms. The van der Waals surface area contributed by atoms with Crippen molar-refractivity contribution >= 4 is 23.8 Å². The molecular formula is C20H24O5. The largest absolute Gasteiger partial charge is 0.464 e. The Balaban J connectivity index is 1.94. The summed E-state index contributed by atoms with van der Waals surface area (Å²) in [6.07, 6.45) is 6.03. The van der Waals surface area contributed by atoms with Crippen molar-refractivity contribution in [3.05, 3.63) is 12.2 Å². The van der Waals surface area contributed by atoms with Crippen LogP contribution in [0.3, 0.4) is 0 Å². The van der Waals surface area contributed by atoms with Gasteiger partial charge < -0.3 is 9.53 Å².